The van der Waals surface area contributed by atoms with E-state index >= 15 is 0 Å². The summed E-state index contributed by atoms with van der Waals surface area (Å²) in [7, 11) is 0. The Morgan fingerprint density at radius 1 is 1.24 bits per heavy atom. The maximum absolute atomic E-state index is 13.5. The molecule has 1 aromatic rings. The van der Waals surface area contributed by atoms with Gasteiger partial charge in [0.25, 0.3) is 0 Å². The third kappa shape index (κ3) is 2.68. The number of hydrogen-bond acceptors (Lipinski definition) is 1. The van der Waals surface area contributed by atoms with Crippen LogP contribution in [-0.2, 0) is 0 Å². The van der Waals surface area contributed by atoms with E-state index in [-0.39, 0.29) is 5.82 Å². The maximum Gasteiger partial charge on any atom is 0.129 e. The molecule has 1 fully saturated rings. The summed E-state index contributed by atoms with van der Waals surface area (Å²) in [6, 6.07) is 4.71. The van der Waals surface area contributed by atoms with Crippen molar-refractivity contribution in [3.63, 3.8) is 0 Å². The van der Waals surface area contributed by atoms with Crippen LogP contribution in [0.25, 0.3) is 0 Å². The fraction of sp³-hybridized carbons (Fsp3) is 0.600. The Hall–Kier alpha value is -0.890. The molecule has 0 unspecified atom stereocenters. The lowest BCUT2D eigenvalue weighted by atomic mass is 9.75. The lowest BCUT2D eigenvalue weighted by Crippen LogP contribution is -2.40. The fourth-order valence-electron chi connectivity index (χ4n) is 2.62. The molecule has 0 heterocycles. The van der Waals surface area contributed by atoms with Crippen LogP contribution in [0.15, 0.2) is 12.1 Å². The second-order valence-corrected chi connectivity index (χ2v) is 5.29. The van der Waals surface area contributed by atoms with Crippen LogP contribution in [0.4, 0.5) is 4.39 Å². The van der Waals surface area contributed by atoms with Crippen LogP contribution in [0.3, 0.4) is 0 Å². The summed E-state index contributed by atoms with van der Waals surface area (Å²) >= 11 is 0. The monoisotopic (exact) mass is 235 g/mol. The van der Waals surface area contributed by atoms with Crippen molar-refractivity contribution >= 4 is 0 Å². The van der Waals surface area contributed by atoms with Crippen LogP contribution < -0.4 is 5.32 Å². The summed E-state index contributed by atoms with van der Waals surface area (Å²) in [6.45, 7) is 7.02. The molecule has 2 heteroatoms. The molecule has 0 aliphatic heterocycles. The zero-order valence-electron chi connectivity index (χ0n) is 11.0. The van der Waals surface area contributed by atoms with Crippen LogP contribution in [0.2, 0.25) is 0 Å². The van der Waals surface area contributed by atoms with E-state index in [1.807, 2.05) is 26.0 Å². The molecule has 94 valence electrons. The molecule has 1 aromatic carbocycles. The second-order valence-electron chi connectivity index (χ2n) is 5.29. The van der Waals surface area contributed by atoms with Crippen molar-refractivity contribution in [1.29, 1.82) is 0 Å². The smallest absolute Gasteiger partial charge is 0.129 e. The molecular weight excluding hydrogens is 213 g/mol. The molecule has 0 aromatic heterocycles. The summed E-state index contributed by atoms with van der Waals surface area (Å²) in [5, 5.41) is 3.54. The molecule has 1 saturated carbocycles. The molecule has 0 atom stereocenters. The summed E-state index contributed by atoms with van der Waals surface area (Å²) in [5.74, 6) is 0.580. The minimum atomic E-state index is -0.0475. The van der Waals surface area contributed by atoms with Crippen molar-refractivity contribution in [3.05, 3.63) is 34.6 Å². The summed E-state index contributed by atoms with van der Waals surface area (Å²) in [6.07, 6.45) is 3.59. The first-order chi connectivity index (χ1) is 8.11. The average Bonchev–Trinajstić information content (AvgIpc) is 2.23. The van der Waals surface area contributed by atoms with Gasteiger partial charge in [-0.05, 0) is 62.3 Å². The topological polar surface area (TPSA) is 12.0 Å². The minimum Gasteiger partial charge on any atom is -0.314 e. The quantitative estimate of drug-likeness (QED) is 0.839. The molecule has 17 heavy (non-hydrogen) atoms. The largest absolute Gasteiger partial charge is 0.314 e. The number of nitrogens with one attached hydrogen (secondary N) is 1. The number of hydrogen-bond donors (Lipinski definition) is 1. The second kappa shape index (κ2) is 5.18. The summed E-state index contributed by atoms with van der Waals surface area (Å²) < 4.78 is 13.5. The predicted octanol–water partition coefficient (Wildman–Crippen LogP) is 3.69. The zero-order valence-corrected chi connectivity index (χ0v) is 11.0. The minimum absolute atomic E-state index is 0.0475. The lowest BCUT2D eigenvalue weighted by Gasteiger charge is -2.36. The summed E-state index contributed by atoms with van der Waals surface area (Å²) in [5.41, 5.74) is 2.88. The van der Waals surface area contributed by atoms with E-state index < -0.39 is 0 Å². The van der Waals surface area contributed by atoms with Crippen LogP contribution >= 0.6 is 0 Å². The van der Waals surface area contributed by atoms with Gasteiger partial charge in [0, 0.05) is 6.04 Å². The molecule has 0 radical (unpaired) electrons. The van der Waals surface area contributed by atoms with Gasteiger partial charge in [-0.25, -0.2) is 4.39 Å². The number of halogens is 1. The molecular formula is C15H22FN. The van der Waals surface area contributed by atoms with Crippen molar-refractivity contribution in [3.8, 4) is 0 Å². The van der Waals surface area contributed by atoms with E-state index in [9.17, 15) is 4.39 Å². The van der Waals surface area contributed by atoms with Gasteiger partial charge in [0.2, 0.25) is 0 Å². The van der Waals surface area contributed by atoms with E-state index in [0.29, 0.717) is 12.0 Å². The van der Waals surface area contributed by atoms with Crippen molar-refractivity contribution in [2.45, 2.75) is 52.0 Å². The van der Waals surface area contributed by atoms with Gasteiger partial charge in [-0.2, -0.15) is 0 Å². The highest BCUT2D eigenvalue weighted by atomic mass is 19.1. The SMILES string of the molecule is CCCNC1CC(c2cc(C)c(F)c(C)c2)C1. The Morgan fingerprint density at radius 3 is 2.35 bits per heavy atom. The number of rotatable bonds is 4. The lowest BCUT2D eigenvalue weighted by molar-refractivity contribution is 0.291. The summed E-state index contributed by atoms with van der Waals surface area (Å²) in [4.78, 5) is 0. The van der Waals surface area contributed by atoms with Crippen molar-refractivity contribution in [2.24, 2.45) is 0 Å². The van der Waals surface area contributed by atoms with Crippen LogP contribution in [0, 0.1) is 19.7 Å². The standard InChI is InChI=1S/C15H22FN/c1-4-5-17-14-8-13(9-14)12-6-10(2)15(16)11(3)7-12/h6-7,13-14,17H,4-5,8-9H2,1-3H3. The van der Waals surface area contributed by atoms with Crippen LogP contribution in [-0.4, -0.2) is 12.6 Å². The highest BCUT2D eigenvalue weighted by Crippen LogP contribution is 2.37. The van der Waals surface area contributed by atoms with Crippen molar-refractivity contribution < 1.29 is 4.39 Å². The van der Waals surface area contributed by atoms with Gasteiger partial charge in [-0.3, -0.25) is 0 Å². The molecule has 0 amide bonds. The van der Waals surface area contributed by atoms with Gasteiger partial charge in [-0.1, -0.05) is 19.1 Å². The van der Waals surface area contributed by atoms with Crippen molar-refractivity contribution in [2.75, 3.05) is 6.54 Å². The van der Waals surface area contributed by atoms with Gasteiger partial charge >= 0.3 is 0 Å². The Kier molecular flexibility index (Phi) is 3.82. The highest BCUT2D eigenvalue weighted by molar-refractivity contribution is 5.34. The van der Waals surface area contributed by atoms with Crippen molar-refractivity contribution in [1.82, 2.24) is 5.32 Å². The number of benzene rings is 1. The Labute approximate surface area is 103 Å². The first kappa shape index (κ1) is 12.6. The Balaban J connectivity index is 1.97. The first-order valence-electron chi connectivity index (χ1n) is 6.61. The van der Waals surface area contributed by atoms with Crippen LogP contribution in [0.5, 0.6) is 0 Å². The van der Waals surface area contributed by atoms with Gasteiger partial charge < -0.3 is 5.32 Å². The van der Waals surface area contributed by atoms with E-state index in [1.54, 1.807) is 0 Å². The number of aryl methyl sites for hydroxylation is 2. The highest BCUT2D eigenvalue weighted by Gasteiger charge is 2.30. The molecule has 0 bridgehead atoms. The normalized spacial score (nSPS) is 23.5. The van der Waals surface area contributed by atoms with Gasteiger partial charge in [0.15, 0.2) is 0 Å². The maximum atomic E-state index is 13.5. The van der Waals surface area contributed by atoms with E-state index in [1.165, 1.54) is 24.8 Å². The molecule has 1 aliphatic carbocycles. The average molecular weight is 235 g/mol. The zero-order chi connectivity index (χ0) is 12.4. The Bertz CT molecular complexity index is 371. The fourth-order valence-corrected chi connectivity index (χ4v) is 2.62. The van der Waals surface area contributed by atoms with E-state index in [0.717, 1.165) is 17.7 Å². The predicted molar refractivity (Wildman–Crippen MR) is 69.9 cm³/mol. The van der Waals surface area contributed by atoms with Gasteiger partial charge in [0.1, 0.15) is 5.82 Å². The van der Waals surface area contributed by atoms with Gasteiger partial charge in [0.05, 0.1) is 0 Å². The molecule has 2 rings (SSSR count). The third-order valence-electron chi connectivity index (χ3n) is 3.75. The van der Waals surface area contributed by atoms with Crippen LogP contribution in [0.1, 0.15) is 48.8 Å². The van der Waals surface area contributed by atoms with E-state index in [2.05, 4.69) is 12.2 Å². The molecule has 0 saturated heterocycles. The molecule has 1 nitrogen and oxygen atoms in total. The van der Waals surface area contributed by atoms with Gasteiger partial charge in [-0.15, -0.1) is 0 Å². The molecule has 1 N–H and O–H groups in total. The third-order valence-corrected chi connectivity index (χ3v) is 3.75. The van der Waals surface area contributed by atoms with E-state index in [4.69, 9.17) is 0 Å². The first-order valence-corrected chi connectivity index (χ1v) is 6.61. The Morgan fingerprint density at radius 2 is 1.82 bits per heavy atom. The molecule has 0 spiro atoms. The molecule has 1 aliphatic rings.